The van der Waals surface area contributed by atoms with E-state index in [1.54, 1.807) is 25.1 Å². The molecule has 1 heterocycles. The third-order valence-corrected chi connectivity index (χ3v) is 4.75. The lowest BCUT2D eigenvalue weighted by molar-refractivity contribution is -0.115. The van der Waals surface area contributed by atoms with E-state index in [9.17, 15) is 9.90 Å². The molecule has 0 aliphatic rings. The summed E-state index contributed by atoms with van der Waals surface area (Å²) < 4.78 is 5.78. The van der Waals surface area contributed by atoms with Crippen LogP contribution in [0.15, 0.2) is 77.2 Å². The van der Waals surface area contributed by atoms with Crippen molar-refractivity contribution in [2.75, 3.05) is 5.32 Å². The third kappa shape index (κ3) is 4.79. The van der Waals surface area contributed by atoms with Gasteiger partial charge in [0.1, 0.15) is 11.3 Å². The largest absolute Gasteiger partial charge is 0.507 e. The molecule has 0 spiro atoms. The van der Waals surface area contributed by atoms with Gasteiger partial charge in [-0.2, -0.15) is 0 Å². The van der Waals surface area contributed by atoms with Gasteiger partial charge in [0.05, 0.1) is 5.56 Å². The Morgan fingerprint density at radius 1 is 1.10 bits per heavy atom. The molecule has 0 radical (unpaired) electrons. The van der Waals surface area contributed by atoms with Crippen LogP contribution in [0, 0.1) is 6.92 Å². The van der Waals surface area contributed by atoms with E-state index in [0.29, 0.717) is 33.8 Å². The number of phenols is 1. The smallest absolute Gasteiger partial charge is 0.250 e. The second kappa shape index (κ2) is 8.81. The van der Waals surface area contributed by atoms with Gasteiger partial charge in [-0.1, -0.05) is 42.5 Å². The predicted octanol–water partition coefficient (Wildman–Crippen LogP) is 5.04. The lowest BCUT2D eigenvalue weighted by atomic mass is 10.1. The lowest BCUT2D eigenvalue weighted by Crippen LogP contribution is -2.32. The standard InChI is InChI=1S/C24H19N3O3S/c1-15-13-17(25-24(31)27-21(28)12-11-16-7-3-2-4-8-16)14-18(22(15)29)23-26-19-9-5-6-10-20(19)30-23/h2-14,29H,1H3,(H2,25,27,28,31). The van der Waals surface area contributed by atoms with Gasteiger partial charge in [0.25, 0.3) is 0 Å². The molecule has 0 bridgehead atoms. The van der Waals surface area contributed by atoms with Crippen LogP contribution in [0.2, 0.25) is 0 Å². The van der Waals surface area contributed by atoms with Crippen LogP contribution < -0.4 is 10.6 Å². The Labute approximate surface area is 184 Å². The normalized spacial score (nSPS) is 11.0. The second-order valence-electron chi connectivity index (χ2n) is 6.86. The summed E-state index contributed by atoms with van der Waals surface area (Å²) in [4.78, 5) is 16.6. The molecule has 1 amide bonds. The second-order valence-corrected chi connectivity index (χ2v) is 7.27. The minimum atomic E-state index is -0.351. The first-order chi connectivity index (χ1) is 15.0. The fourth-order valence-electron chi connectivity index (χ4n) is 3.05. The molecule has 0 fully saturated rings. The monoisotopic (exact) mass is 429 g/mol. The van der Waals surface area contributed by atoms with Gasteiger partial charge in [-0.25, -0.2) is 4.98 Å². The Hall–Kier alpha value is -3.97. The fraction of sp³-hybridized carbons (Fsp3) is 0.0417. The zero-order valence-electron chi connectivity index (χ0n) is 16.6. The summed E-state index contributed by atoms with van der Waals surface area (Å²) in [6.07, 6.45) is 3.11. The Kier molecular flexibility index (Phi) is 5.77. The molecule has 0 unspecified atom stereocenters. The number of amides is 1. The van der Waals surface area contributed by atoms with E-state index < -0.39 is 0 Å². The van der Waals surface area contributed by atoms with Gasteiger partial charge in [-0.15, -0.1) is 0 Å². The van der Waals surface area contributed by atoms with Crippen LogP contribution in [0.4, 0.5) is 5.69 Å². The van der Waals surface area contributed by atoms with Crippen LogP contribution in [0.5, 0.6) is 5.75 Å². The molecule has 0 aliphatic carbocycles. The third-order valence-electron chi connectivity index (χ3n) is 4.55. The highest BCUT2D eigenvalue weighted by molar-refractivity contribution is 7.80. The van der Waals surface area contributed by atoms with Gasteiger partial charge in [0, 0.05) is 11.8 Å². The number of anilines is 1. The number of thiocarbonyl (C=S) groups is 1. The van der Waals surface area contributed by atoms with Crippen molar-refractivity contribution < 1.29 is 14.3 Å². The van der Waals surface area contributed by atoms with Gasteiger partial charge in [0.15, 0.2) is 10.7 Å². The van der Waals surface area contributed by atoms with Crippen LogP contribution in [-0.2, 0) is 4.79 Å². The SMILES string of the molecule is Cc1cc(NC(=S)NC(=O)C=Cc2ccccc2)cc(-c2nc3ccccc3o2)c1O. The molecule has 3 N–H and O–H groups in total. The summed E-state index contributed by atoms with van der Waals surface area (Å²) in [7, 11) is 0. The zero-order chi connectivity index (χ0) is 21.8. The molecule has 31 heavy (non-hydrogen) atoms. The van der Waals surface area contributed by atoms with Crippen molar-refractivity contribution in [1.29, 1.82) is 0 Å². The Balaban J connectivity index is 1.50. The van der Waals surface area contributed by atoms with Crippen LogP contribution in [0.25, 0.3) is 28.6 Å². The number of fused-ring (bicyclic) bond motifs is 1. The molecule has 0 saturated carbocycles. The van der Waals surface area contributed by atoms with E-state index in [2.05, 4.69) is 15.6 Å². The number of oxazole rings is 1. The number of nitrogens with one attached hydrogen (secondary N) is 2. The molecule has 7 heteroatoms. The highest BCUT2D eigenvalue weighted by Crippen LogP contribution is 2.36. The van der Waals surface area contributed by atoms with Crippen molar-refractivity contribution in [2.24, 2.45) is 0 Å². The number of nitrogens with zero attached hydrogens (tertiary/aromatic N) is 1. The molecule has 6 nitrogen and oxygen atoms in total. The lowest BCUT2D eigenvalue weighted by Gasteiger charge is -2.12. The topological polar surface area (TPSA) is 87.4 Å². The maximum Gasteiger partial charge on any atom is 0.250 e. The van der Waals surface area contributed by atoms with Crippen LogP contribution in [-0.4, -0.2) is 21.1 Å². The zero-order valence-corrected chi connectivity index (χ0v) is 17.4. The van der Waals surface area contributed by atoms with Gasteiger partial charge >= 0.3 is 0 Å². The molecule has 4 rings (SSSR count). The summed E-state index contributed by atoms with van der Waals surface area (Å²) in [6, 6.07) is 20.2. The summed E-state index contributed by atoms with van der Waals surface area (Å²) in [6.45, 7) is 1.76. The van der Waals surface area contributed by atoms with Crippen molar-refractivity contribution in [3.63, 3.8) is 0 Å². The molecule has 0 atom stereocenters. The summed E-state index contributed by atoms with van der Waals surface area (Å²) in [5.41, 5.74) is 3.86. The van der Waals surface area contributed by atoms with Gasteiger partial charge in [-0.3, -0.25) is 10.1 Å². The van der Waals surface area contributed by atoms with E-state index in [1.807, 2.05) is 54.6 Å². The molecule has 3 aromatic carbocycles. The first-order valence-electron chi connectivity index (χ1n) is 9.54. The minimum absolute atomic E-state index is 0.0675. The van der Waals surface area contributed by atoms with E-state index in [1.165, 1.54) is 6.08 Å². The van der Waals surface area contributed by atoms with E-state index in [-0.39, 0.29) is 16.8 Å². The quantitative estimate of drug-likeness (QED) is 0.239. The molecular formula is C24H19N3O3S. The summed E-state index contributed by atoms with van der Waals surface area (Å²) >= 11 is 5.25. The number of aryl methyl sites for hydroxylation is 1. The molecule has 0 saturated heterocycles. The van der Waals surface area contributed by atoms with Gasteiger partial charge in [0.2, 0.25) is 11.8 Å². The molecular weight excluding hydrogens is 410 g/mol. The van der Waals surface area contributed by atoms with E-state index in [4.69, 9.17) is 16.6 Å². The van der Waals surface area contributed by atoms with E-state index >= 15 is 0 Å². The molecule has 0 aliphatic heterocycles. The number of para-hydroxylation sites is 2. The summed E-state index contributed by atoms with van der Waals surface area (Å²) in [5, 5.41) is 16.2. The highest BCUT2D eigenvalue weighted by Gasteiger charge is 2.16. The molecule has 1 aromatic heterocycles. The van der Waals surface area contributed by atoms with E-state index in [0.717, 1.165) is 5.56 Å². The first-order valence-corrected chi connectivity index (χ1v) is 9.95. The number of hydrogen-bond acceptors (Lipinski definition) is 5. The number of benzene rings is 3. The van der Waals surface area contributed by atoms with Crippen molar-refractivity contribution in [2.45, 2.75) is 6.92 Å². The van der Waals surface area contributed by atoms with Gasteiger partial charge in [-0.05, 0) is 60.6 Å². The highest BCUT2D eigenvalue weighted by atomic mass is 32.1. The number of carbonyl (C=O) groups excluding carboxylic acids is 1. The average molecular weight is 430 g/mol. The van der Waals surface area contributed by atoms with Gasteiger partial charge < -0.3 is 14.8 Å². The molecule has 4 aromatic rings. The van der Waals surface area contributed by atoms with Crippen molar-refractivity contribution in [1.82, 2.24) is 10.3 Å². The van der Waals surface area contributed by atoms with Crippen LogP contribution in [0.3, 0.4) is 0 Å². The minimum Gasteiger partial charge on any atom is -0.507 e. The number of aromatic hydroxyl groups is 1. The maximum absolute atomic E-state index is 12.1. The van der Waals surface area contributed by atoms with Crippen LogP contribution >= 0.6 is 12.2 Å². The number of aromatic nitrogens is 1. The number of rotatable bonds is 4. The Bertz CT molecular complexity index is 1260. The van der Waals surface area contributed by atoms with Crippen molar-refractivity contribution >= 4 is 46.1 Å². The number of carbonyl (C=O) groups is 1. The number of phenolic OH excluding ortho intramolecular Hbond substituents is 1. The molecule has 154 valence electrons. The maximum atomic E-state index is 12.1. The number of hydrogen-bond donors (Lipinski definition) is 3. The van der Waals surface area contributed by atoms with Crippen molar-refractivity contribution in [3.8, 4) is 17.2 Å². The summed E-state index contributed by atoms with van der Waals surface area (Å²) in [5.74, 6) is 0.0140. The Morgan fingerprint density at radius 3 is 2.61 bits per heavy atom. The predicted molar refractivity (Wildman–Crippen MR) is 126 cm³/mol. The van der Waals surface area contributed by atoms with Crippen LogP contribution in [0.1, 0.15) is 11.1 Å². The Morgan fingerprint density at radius 2 is 1.84 bits per heavy atom. The van der Waals surface area contributed by atoms with Crippen molar-refractivity contribution in [3.05, 3.63) is 83.9 Å². The average Bonchev–Trinajstić information content (AvgIpc) is 3.19. The fourth-order valence-corrected chi connectivity index (χ4v) is 3.27. The first kappa shape index (κ1) is 20.3.